The molecule has 1 saturated heterocycles. The van der Waals surface area contributed by atoms with Crippen molar-refractivity contribution in [2.45, 2.75) is 51.3 Å². The van der Waals surface area contributed by atoms with Gasteiger partial charge in [0, 0.05) is 19.0 Å². The molecule has 1 aliphatic heterocycles. The molecule has 0 aliphatic carbocycles. The summed E-state index contributed by atoms with van der Waals surface area (Å²) in [6.45, 7) is 5.19. The number of carbonyl (C=O) groups excluding carboxylic acids is 2. The zero-order valence-electron chi connectivity index (χ0n) is 14.2. The first-order chi connectivity index (χ1) is 11.1. The molecular formula is C17H22F2N2O3. The van der Waals surface area contributed by atoms with E-state index >= 15 is 0 Å². The number of halogens is 2. The maximum atomic E-state index is 14.2. The first-order valence-corrected chi connectivity index (χ1v) is 7.78. The number of carbonyl (C=O) groups is 2. The summed E-state index contributed by atoms with van der Waals surface area (Å²) in [4.78, 5) is 25.4. The average Bonchev–Trinajstić information content (AvgIpc) is 2.44. The van der Waals surface area contributed by atoms with Gasteiger partial charge in [-0.05, 0) is 45.4 Å². The van der Waals surface area contributed by atoms with Gasteiger partial charge in [-0.3, -0.25) is 4.79 Å². The number of piperidine rings is 1. The summed E-state index contributed by atoms with van der Waals surface area (Å²) in [6, 6.07) is 1.72. The number of alkyl carbamates (subject to hydrolysis) is 1. The van der Waals surface area contributed by atoms with E-state index in [1.54, 1.807) is 20.8 Å². The van der Waals surface area contributed by atoms with Crippen LogP contribution >= 0.6 is 0 Å². The Bertz CT molecular complexity index is 643. The fraction of sp³-hybridized carbons (Fsp3) is 0.529. The molecule has 1 N–H and O–H groups in total. The lowest BCUT2D eigenvalue weighted by Crippen LogP contribution is -2.51. The second-order valence-corrected chi connectivity index (χ2v) is 6.91. The van der Waals surface area contributed by atoms with Crippen LogP contribution in [0.15, 0.2) is 18.2 Å². The summed E-state index contributed by atoms with van der Waals surface area (Å²) >= 11 is 0. The molecule has 5 nitrogen and oxygen atoms in total. The molecule has 1 aliphatic rings. The molecular weight excluding hydrogens is 318 g/mol. The molecule has 1 aromatic carbocycles. The van der Waals surface area contributed by atoms with Gasteiger partial charge in [0.05, 0.1) is 12.1 Å². The number of benzene rings is 1. The number of nitrogens with zero attached hydrogens (tertiary/aromatic N) is 1. The van der Waals surface area contributed by atoms with Gasteiger partial charge in [-0.15, -0.1) is 0 Å². The molecule has 0 radical (unpaired) electrons. The van der Waals surface area contributed by atoms with E-state index in [-0.39, 0.29) is 17.9 Å². The minimum Gasteiger partial charge on any atom is -0.444 e. The van der Waals surface area contributed by atoms with Gasteiger partial charge in [0.2, 0.25) is 5.91 Å². The molecule has 1 fully saturated rings. The van der Waals surface area contributed by atoms with Crippen molar-refractivity contribution in [3.8, 4) is 0 Å². The van der Waals surface area contributed by atoms with Crippen LogP contribution in [0.4, 0.5) is 13.6 Å². The van der Waals surface area contributed by atoms with Crippen molar-refractivity contribution < 1.29 is 23.1 Å². The summed E-state index contributed by atoms with van der Waals surface area (Å²) in [6.07, 6.45) is -0.120. The predicted octanol–water partition coefficient (Wildman–Crippen LogP) is 3.15. The number of nitrogens with one attached hydrogen (secondary N) is 1. The first-order valence-electron chi connectivity index (χ1n) is 7.78. The highest BCUT2D eigenvalue weighted by Gasteiger charge is 2.38. The van der Waals surface area contributed by atoms with E-state index in [1.807, 2.05) is 0 Å². The Morgan fingerprint density at radius 2 is 2.00 bits per heavy atom. The van der Waals surface area contributed by atoms with E-state index in [0.29, 0.717) is 6.42 Å². The molecule has 0 spiro atoms. The maximum absolute atomic E-state index is 14.2. The molecule has 1 heterocycles. The Balaban J connectivity index is 2.29. The lowest BCUT2D eigenvalue weighted by molar-refractivity contribution is -0.136. The van der Waals surface area contributed by atoms with Gasteiger partial charge in [0.1, 0.15) is 17.2 Å². The first kappa shape index (κ1) is 18.2. The molecule has 2 amide bonds. The number of amides is 2. The quantitative estimate of drug-likeness (QED) is 0.900. The number of hydrogen-bond donors (Lipinski definition) is 1. The Kier molecular flexibility index (Phi) is 5.11. The van der Waals surface area contributed by atoms with E-state index in [0.717, 1.165) is 18.2 Å². The van der Waals surface area contributed by atoms with Gasteiger partial charge in [0.15, 0.2) is 0 Å². The van der Waals surface area contributed by atoms with Gasteiger partial charge in [-0.25, -0.2) is 13.6 Å². The lowest BCUT2D eigenvalue weighted by Gasteiger charge is -2.39. The number of likely N-dealkylation sites (N-methyl/N-ethyl adjacent to an activating group) is 1. The summed E-state index contributed by atoms with van der Waals surface area (Å²) < 4.78 is 33.0. The highest BCUT2D eigenvalue weighted by molar-refractivity contribution is 5.78. The highest BCUT2D eigenvalue weighted by atomic mass is 19.1. The van der Waals surface area contributed by atoms with Crippen molar-refractivity contribution in [2.24, 2.45) is 0 Å². The van der Waals surface area contributed by atoms with Gasteiger partial charge < -0.3 is 15.0 Å². The zero-order valence-corrected chi connectivity index (χ0v) is 14.2. The third-order valence-electron chi connectivity index (χ3n) is 3.84. The molecule has 24 heavy (non-hydrogen) atoms. The van der Waals surface area contributed by atoms with Crippen LogP contribution in [-0.4, -0.2) is 35.6 Å². The molecule has 0 saturated carbocycles. The van der Waals surface area contributed by atoms with E-state index < -0.39 is 35.4 Å². The topological polar surface area (TPSA) is 58.6 Å². The normalized spacial score (nSPS) is 21.6. The van der Waals surface area contributed by atoms with Crippen LogP contribution in [0.5, 0.6) is 0 Å². The van der Waals surface area contributed by atoms with Crippen LogP contribution in [-0.2, 0) is 9.53 Å². The summed E-state index contributed by atoms with van der Waals surface area (Å²) in [7, 11) is 1.51. The fourth-order valence-corrected chi connectivity index (χ4v) is 2.81. The molecule has 1 aromatic rings. The van der Waals surface area contributed by atoms with E-state index in [9.17, 15) is 18.4 Å². The second kappa shape index (κ2) is 6.75. The third kappa shape index (κ3) is 4.21. The summed E-state index contributed by atoms with van der Waals surface area (Å²) in [5.41, 5.74) is -0.647. The molecule has 2 atom stereocenters. The van der Waals surface area contributed by atoms with Crippen molar-refractivity contribution in [1.29, 1.82) is 0 Å². The Morgan fingerprint density at radius 1 is 1.33 bits per heavy atom. The maximum Gasteiger partial charge on any atom is 0.407 e. The lowest BCUT2D eigenvalue weighted by atomic mass is 9.90. The molecule has 132 valence electrons. The Labute approximate surface area is 140 Å². The minimum atomic E-state index is -0.797. The van der Waals surface area contributed by atoms with E-state index in [1.165, 1.54) is 11.9 Å². The van der Waals surface area contributed by atoms with Crippen molar-refractivity contribution in [3.63, 3.8) is 0 Å². The molecule has 0 aromatic heterocycles. The number of ether oxygens (including phenoxy) is 1. The number of rotatable bonds is 2. The minimum absolute atomic E-state index is 0.0339. The highest BCUT2D eigenvalue weighted by Crippen LogP contribution is 2.33. The average molecular weight is 340 g/mol. The van der Waals surface area contributed by atoms with Gasteiger partial charge >= 0.3 is 6.09 Å². The van der Waals surface area contributed by atoms with Crippen molar-refractivity contribution in [3.05, 3.63) is 35.4 Å². The monoisotopic (exact) mass is 340 g/mol. The standard InChI is InChI=1S/C17H22F2N2O3/c1-17(2,3)24-16(23)20-13-7-8-14(22)21(4)15(13)11-9-10(18)5-6-12(11)19/h5-6,9,13,15H,7-8H2,1-4H3,(H,20,23)/t13?,15-/m1/s1. The van der Waals surface area contributed by atoms with Gasteiger partial charge in [0.25, 0.3) is 0 Å². The van der Waals surface area contributed by atoms with Crippen LogP contribution in [0.2, 0.25) is 0 Å². The third-order valence-corrected chi connectivity index (χ3v) is 3.84. The molecule has 7 heteroatoms. The smallest absolute Gasteiger partial charge is 0.407 e. The predicted molar refractivity (Wildman–Crippen MR) is 84.3 cm³/mol. The number of hydrogen-bond acceptors (Lipinski definition) is 3. The van der Waals surface area contributed by atoms with Crippen molar-refractivity contribution in [1.82, 2.24) is 10.2 Å². The number of likely N-dealkylation sites (tertiary alicyclic amines) is 1. The fourth-order valence-electron chi connectivity index (χ4n) is 2.81. The second-order valence-electron chi connectivity index (χ2n) is 6.91. The van der Waals surface area contributed by atoms with Crippen molar-refractivity contribution in [2.75, 3.05) is 7.05 Å². The van der Waals surface area contributed by atoms with Crippen LogP contribution in [0.3, 0.4) is 0 Å². The van der Waals surface area contributed by atoms with Crippen LogP contribution < -0.4 is 5.32 Å². The van der Waals surface area contributed by atoms with E-state index in [4.69, 9.17) is 4.74 Å². The van der Waals surface area contributed by atoms with Crippen LogP contribution in [0.25, 0.3) is 0 Å². The Morgan fingerprint density at radius 3 is 2.62 bits per heavy atom. The van der Waals surface area contributed by atoms with Crippen LogP contribution in [0, 0.1) is 11.6 Å². The molecule has 1 unspecified atom stereocenters. The molecule has 2 rings (SSSR count). The molecule has 0 bridgehead atoms. The summed E-state index contributed by atoms with van der Waals surface area (Å²) in [5, 5.41) is 2.68. The largest absolute Gasteiger partial charge is 0.444 e. The zero-order chi connectivity index (χ0) is 18.1. The van der Waals surface area contributed by atoms with Gasteiger partial charge in [-0.2, -0.15) is 0 Å². The van der Waals surface area contributed by atoms with Crippen molar-refractivity contribution >= 4 is 12.0 Å². The summed E-state index contributed by atoms with van der Waals surface area (Å²) in [5.74, 6) is -1.42. The van der Waals surface area contributed by atoms with Crippen LogP contribution in [0.1, 0.15) is 45.2 Å². The van der Waals surface area contributed by atoms with E-state index in [2.05, 4.69) is 5.32 Å². The Hall–Kier alpha value is -2.18. The SMILES string of the molecule is CN1C(=O)CCC(NC(=O)OC(C)(C)C)[C@H]1c1cc(F)ccc1F. The van der Waals surface area contributed by atoms with Gasteiger partial charge in [-0.1, -0.05) is 0 Å².